The Balaban J connectivity index is -0.0000000440. The van der Waals surface area contributed by atoms with Crippen LogP contribution < -0.4 is 169 Å². The zero-order valence-corrected chi connectivity index (χ0v) is 48.2. The first-order valence-electron chi connectivity index (χ1n) is 20.1. The van der Waals surface area contributed by atoms with Crippen LogP contribution in [-0.4, -0.2) is 43.1 Å². The number of carboxylic acids is 3. The van der Waals surface area contributed by atoms with E-state index in [1.165, 1.54) is 58.3 Å². The van der Waals surface area contributed by atoms with Crippen molar-refractivity contribution in [2.45, 2.75) is 225 Å². The van der Waals surface area contributed by atoms with Crippen LogP contribution in [0.25, 0.3) is 0 Å². The molecule has 0 aromatic heterocycles. The molecule has 0 saturated heterocycles. The van der Waals surface area contributed by atoms with E-state index < -0.39 is 17.9 Å². The van der Waals surface area contributed by atoms with Gasteiger partial charge < -0.3 is 39.2 Å². The van der Waals surface area contributed by atoms with Crippen molar-refractivity contribution in [2.75, 3.05) is 13.2 Å². The molecule has 0 bridgehead atoms. The van der Waals surface area contributed by atoms with Crippen LogP contribution >= 0.6 is 0 Å². The minimum Gasteiger partial charge on any atom is -0.550 e. The Morgan fingerprint density at radius 1 is 0.352 bits per heavy atom. The number of rotatable bonds is 20. The van der Waals surface area contributed by atoms with Crippen LogP contribution in [0.2, 0.25) is 0 Å². The van der Waals surface area contributed by atoms with Crippen LogP contribution in [-0.2, 0) is 33.4 Å². The van der Waals surface area contributed by atoms with Crippen molar-refractivity contribution in [1.29, 1.82) is 0 Å². The predicted molar refractivity (Wildman–Crippen MR) is 208 cm³/mol. The summed E-state index contributed by atoms with van der Waals surface area (Å²) in [5.41, 5.74) is 0. The van der Waals surface area contributed by atoms with E-state index in [1.54, 1.807) is 13.8 Å². The maximum Gasteiger partial charge on any atom is 1.00 e. The van der Waals surface area contributed by atoms with Crippen LogP contribution in [0, 0.1) is 0 Å². The summed E-state index contributed by atoms with van der Waals surface area (Å²) in [6.45, 7) is 27.1. The molecular weight excluding hydrogens is 770 g/mol. The van der Waals surface area contributed by atoms with Gasteiger partial charge in [0.1, 0.15) is 0 Å². The van der Waals surface area contributed by atoms with Gasteiger partial charge in [0.2, 0.25) is 0 Å². The van der Waals surface area contributed by atoms with Gasteiger partial charge in [0.25, 0.3) is 0 Å². The van der Waals surface area contributed by atoms with Crippen molar-refractivity contribution >= 4 is 29.8 Å². The minimum absolute atomic E-state index is 0. The second-order valence-electron chi connectivity index (χ2n) is 11.2. The molecule has 0 aromatic carbocycles. The van der Waals surface area contributed by atoms with Gasteiger partial charge in [-0.05, 0) is 52.4 Å². The third-order valence-corrected chi connectivity index (χ3v) is 5.60. The van der Waals surface area contributed by atoms with Gasteiger partial charge in [-0.15, -0.1) is 0 Å². The molecule has 0 aliphatic rings. The van der Waals surface area contributed by atoms with Gasteiger partial charge in [0.15, 0.2) is 0 Å². The second kappa shape index (κ2) is 91.1. The summed E-state index contributed by atoms with van der Waals surface area (Å²) in [4.78, 5) is 49.6. The average Bonchev–Trinajstić information content (AvgIpc) is 3.09. The van der Waals surface area contributed by atoms with Gasteiger partial charge >= 0.3 is 166 Å². The molecule has 0 fully saturated rings. The van der Waals surface area contributed by atoms with Gasteiger partial charge in [-0.2, -0.15) is 0 Å². The molecule has 13 heteroatoms. The first-order chi connectivity index (χ1) is 24.2. The Morgan fingerprint density at radius 2 is 0.630 bits per heavy atom. The maximum atomic E-state index is 10.7. The monoisotopic (exact) mass is 855 g/mol. The SMILES string of the molecule is CCC.CCC(=O)[O-].CCCC.CCCCC(=O)[O-].CCCCCC(=O)OCC.CCCCCC(=O)[O-].CCCCCCC.CCOC(=O)CC.[K+].[K+].[K+]. The normalized spacial score (nSPS) is 8.09. The Hall–Kier alpha value is 2.26. The number of unbranched alkanes of at least 4 members (excludes halogenated alkanes) is 10. The fraction of sp³-hybridized carbons (Fsp3) is 0.878. The topological polar surface area (TPSA) is 173 Å². The Bertz CT molecular complexity index is 663. The predicted octanol–water partition coefficient (Wildman–Crippen LogP) is -0.310. The van der Waals surface area contributed by atoms with E-state index in [9.17, 15) is 39.3 Å². The minimum atomic E-state index is -0.995. The van der Waals surface area contributed by atoms with Crippen molar-refractivity contribution in [3.05, 3.63) is 0 Å². The molecule has 312 valence electrons. The molecule has 0 atom stereocenters. The van der Waals surface area contributed by atoms with Crippen molar-refractivity contribution in [3.63, 3.8) is 0 Å². The van der Waals surface area contributed by atoms with Crippen molar-refractivity contribution in [3.8, 4) is 0 Å². The van der Waals surface area contributed by atoms with Crippen molar-refractivity contribution in [2.24, 2.45) is 0 Å². The van der Waals surface area contributed by atoms with Gasteiger partial charge in [-0.25, -0.2) is 0 Å². The van der Waals surface area contributed by atoms with Crippen LogP contribution in [0.1, 0.15) is 225 Å². The number of aliphatic carboxylic acids is 3. The van der Waals surface area contributed by atoms with Crippen LogP contribution in [0.3, 0.4) is 0 Å². The number of carboxylic acid groups (broad SMARTS) is 3. The van der Waals surface area contributed by atoms with Gasteiger partial charge in [-0.3, -0.25) is 9.59 Å². The average molecular weight is 855 g/mol. The molecular formula is C41H85K3O10. The Morgan fingerprint density at radius 3 is 0.833 bits per heavy atom. The second-order valence-corrected chi connectivity index (χ2v) is 11.2. The first-order valence-corrected chi connectivity index (χ1v) is 20.1. The molecule has 0 rings (SSSR count). The molecule has 0 unspecified atom stereocenters. The molecule has 0 amide bonds. The molecule has 0 aliphatic heterocycles. The number of ether oxygens (including phenoxy) is 2. The summed E-state index contributed by atoms with van der Waals surface area (Å²) in [6, 6.07) is 0. The molecule has 0 N–H and O–H groups in total. The van der Waals surface area contributed by atoms with E-state index in [0.29, 0.717) is 26.1 Å². The molecule has 0 heterocycles. The fourth-order valence-corrected chi connectivity index (χ4v) is 2.53. The van der Waals surface area contributed by atoms with E-state index in [1.807, 2.05) is 20.8 Å². The molecule has 10 nitrogen and oxygen atoms in total. The van der Waals surface area contributed by atoms with Gasteiger partial charge in [-0.1, -0.05) is 160 Å². The molecule has 0 aliphatic carbocycles. The summed E-state index contributed by atoms with van der Waals surface area (Å²) in [5, 5.41) is 28.7. The zero-order chi connectivity index (χ0) is 41.6. The number of esters is 2. The quantitative estimate of drug-likeness (QED) is 0.0899. The summed E-state index contributed by atoms with van der Waals surface area (Å²) in [7, 11) is 0. The maximum absolute atomic E-state index is 10.7. The number of hydrogen-bond acceptors (Lipinski definition) is 10. The van der Waals surface area contributed by atoms with E-state index in [-0.39, 0.29) is 185 Å². The van der Waals surface area contributed by atoms with E-state index in [2.05, 4.69) is 53.2 Å². The standard InChI is InChI=1S/C8H16O2.C7H16.C6H12O2.2C5H10O2.C4H10.C3H6O2.C3H8.3K/c1-3-5-6-7-8(9)10-4-2;1-3-5-7-6-4-2;1-2-3-4-5-6(7)8;1-3-5(6)7-4-2;1-2-3-4-5(6)7;1-3-4-2;1-2-3(4)5;1-3-2;;;/h3-7H2,1-2H3;3-7H2,1-2H3;2-5H2,1H3,(H,7,8);3-4H2,1-2H3;2-4H2,1H3,(H,6,7);3-4H2,1-2H3;2H2,1H3,(H,4,5);3H2,1-2H3;;;/q;;;;;;;;3*+1/p-3. The number of hydrogen-bond donors (Lipinski definition) is 0. The third-order valence-electron chi connectivity index (χ3n) is 5.60. The summed E-state index contributed by atoms with van der Waals surface area (Å²) in [5.74, 6) is -3.05. The number of carbonyl (C=O) groups is 5. The molecule has 0 saturated carbocycles. The number of carbonyl (C=O) groups excluding carboxylic acids is 5. The Kier molecular flexibility index (Phi) is 141. The summed E-state index contributed by atoms with van der Waals surface area (Å²) < 4.78 is 9.30. The van der Waals surface area contributed by atoms with Crippen molar-refractivity contribution in [1.82, 2.24) is 0 Å². The Labute approximate surface area is 463 Å². The fourth-order valence-electron chi connectivity index (χ4n) is 2.53. The van der Waals surface area contributed by atoms with E-state index >= 15 is 0 Å². The largest absolute Gasteiger partial charge is 1.00 e. The van der Waals surface area contributed by atoms with Gasteiger partial charge in [0, 0.05) is 30.7 Å². The molecule has 0 radical (unpaired) electrons. The molecule has 0 spiro atoms. The summed E-state index contributed by atoms with van der Waals surface area (Å²) >= 11 is 0. The van der Waals surface area contributed by atoms with Gasteiger partial charge in [0.05, 0.1) is 13.2 Å². The molecule has 0 aromatic rings. The van der Waals surface area contributed by atoms with Crippen LogP contribution in [0.15, 0.2) is 0 Å². The first kappa shape index (κ1) is 83.9. The van der Waals surface area contributed by atoms with E-state index in [4.69, 9.17) is 4.74 Å². The van der Waals surface area contributed by atoms with Crippen LogP contribution in [0.5, 0.6) is 0 Å². The van der Waals surface area contributed by atoms with E-state index in [0.717, 1.165) is 51.4 Å². The summed E-state index contributed by atoms with van der Waals surface area (Å²) in [6.07, 6.45) is 20.2. The smallest absolute Gasteiger partial charge is 0.550 e. The molecule has 54 heavy (non-hydrogen) atoms. The zero-order valence-electron chi connectivity index (χ0n) is 38.8. The van der Waals surface area contributed by atoms with Crippen molar-refractivity contribution < 1.29 is 203 Å². The van der Waals surface area contributed by atoms with Crippen LogP contribution in [0.4, 0.5) is 0 Å². The third kappa shape index (κ3) is 158.